The highest BCUT2D eigenvalue weighted by molar-refractivity contribution is 6.05. The van der Waals surface area contributed by atoms with Gasteiger partial charge in [0.1, 0.15) is 0 Å². The van der Waals surface area contributed by atoms with Gasteiger partial charge in [-0.05, 0) is 48.7 Å². The van der Waals surface area contributed by atoms with Crippen LogP contribution < -0.4 is 10.6 Å². The van der Waals surface area contributed by atoms with Crippen molar-refractivity contribution in [3.63, 3.8) is 0 Å². The Kier molecular flexibility index (Phi) is 7.80. The molecule has 184 valence electrons. The standard InChI is InChI=1S/C29H29N3O4/c1-3-19-32-26(21-11-7-5-8-12-21)24(28(34)36-4-2)25(31-29(32)35)20-15-17-23(18-16-20)30-27(33)22-13-9-6-10-14-22/h5-18,25H,3-4,19H2,1-2H3,(H,30,33)(H,31,35). The summed E-state index contributed by atoms with van der Waals surface area (Å²) in [4.78, 5) is 40.6. The zero-order chi connectivity index (χ0) is 25.5. The van der Waals surface area contributed by atoms with Gasteiger partial charge in [-0.15, -0.1) is 0 Å². The number of urea groups is 1. The Morgan fingerprint density at radius 2 is 1.56 bits per heavy atom. The number of benzene rings is 3. The summed E-state index contributed by atoms with van der Waals surface area (Å²) in [6.45, 7) is 4.40. The Labute approximate surface area is 210 Å². The highest BCUT2D eigenvalue weighted by Gasteiger charge is 2.38. The summed E-state index contributed by atoms with van der Waals surface area (Å²) < 4.78 is 5.44. The molecule has 1 aliphatic rings. The van der Waals surface area contributed by atoms with Crippen molar-refractivity contribution in [2.24, 2.45) is 0 Å². The quantitative estimate of drug-likeness (QED) is 0.421. The van der Waals surface area contributed by atoms with Gasteiger partial charge in [-0.25, -0.2) is 9.59 Å². The molecule has 1 atom stereocenters. The minimum Gasteiger partial charge on any atom is -0.463 e. The van der Waals surface area contributed by atoms with E-state index in [2.05, 4.69) is 10.6 Å². The monoisotopic (exact) mass is 483 g/mol. The smallest absolute Gasteiger partial charge is 0.338 e. The predicted octanol–water partition coefficient (Wildman–Crippen LogP) is 5.39. The second kappa shape index (κ2) is 11.4. The van der Waals surface area contributed by atoms with E-state index < -0.39 is 12.0 Å². The second-order valence-corrected chi connectivity index (χ2v) is 8.33. The topological polar surface area (TPSA) is 87.7 Å². The van der Waals surface area contributed by atoms with E-state index in [0.717, 1.165) is 12.0 Å². The molecule has 36 heavy (non-hydrogen) atoms. The van der Waals surface area contributed by atoms with Crippen molar-refractivity contribution in [3.05, 3.63) is 107 Å². The van der Waals surface area contributed by atoms with E-state index in [0.29, 0.717) is 34.6 Å². The van der Waals surface area contributed by atoms with Gasteiger partial charge in [-0.1, -0.05) is 67.6 Å². The summed E-state index contributed by atoms with van der Waals surface area (Å²) in [5.41, 5.74) is 3.54. The lowest BCUT2D eigenvalue weighted by atomic mass is 9.91. The first-order valence-electron chi connectivity index (χ1n) is 12.0. The van der Waals surface area contributed by atoms with Gasteiger partial charge in [0.15, 0.2) is 0 Å². The van der Waals surface area contributed by atoms with E-state index in [4.69, 9.17) is 4.74 Å². The molecule has 0 fully saturated rings. The average Bonchev–Trinajstić information content (AvgIpc) is 2.91. The molecule has 3 aromatic carbocycles. The Bertz CT molecular complexity index is 1250. The van der Waals surface area contributed by atoms with Crippen LogP contribution in [-0.4, -0.2) is 36.0 Å². The molecule has 0 saturated heterocycles. The lowest BCUT2D eigenvalue weighted by molar-refractivity contribution is -0.138. The van der Waals surface area contributed by atoms with E-state index in [1.807, 2.05) is 43.3 Å². The highest BCUT2D eigenvalue weighted by Crippen LogP contribution is 2.37. The van der Waals surface area contributed by atoms with Crippen LogP contribution in [0.15, 0.2) is 90.5 Å². The third-order valence-electron chi connectivity index (χ3n) is 5.85. The molecule has 1 unspecified atom stereocenters. The van der Waals surface area contributed by atoms with Crippen LogP contribution >= 0.6 is 0 Å². The number of nitrogens with one attached hydrogen (secondary N) is 2. The van der Waals surface area contributed by atoms with Crippen LogP contribution in [0.4, 0.5) is 10.5 Å². The van der Waals surface area contributed by atoms with Crippen LogP contribution in [0.1, 0.15) is 47.8 Å². The lowest BCUT2D eigenvalue weighted by Crippen LogP contribution is -2.48. The van der Waals surface area contributed by atoms with Crippen molar-refractivity contribution < 1.29 is 19.1 Å². The van der Waals surface area contributed by atoms with E-state index in [1.54, 1.807) is 60.4 Å². The number of anilines is 1. The summed E-state index contributed by atoms with van der Waals surface area (Å²) in [7, 11) is 0. The maximum atomic E-state index is 13.3. The van der Waals surface area contributed by atoms with Gasteiger partial charge < -0.3 is 15.4 Å². The molecule has 4 rings (SSSR count). The molecule has 1 heterocycles. The molecular weight excluding hydrogens is 454 g/mol. The van der Waals surface area contributed by atoms with E-state index in [1.165, 1.54) is 0 Å². The largest absolute Gasteiger partial charge is 0.463 e. The number of amides is 3. The number of esters is 1. The molecule has 1 aliphatic heterocycles. The molecular formula is C29H29N3O4. The summed E-state index contributed by atoms with van der Waals surface area (Å²) in [6.07, 6.45) is 0.723. The number of carbonyl (C=O) groups is 3. The summed E-state index contributed by atoms with van der Waals surface area (Å²) in [6, 6.07) is 24.5. The fourth-order valence-electron chi connectivity index (χ4n) is 4.23. The van der Waals surface area contributed by atoms with Crippen molar-refractivity contribution in [3.8, 4) is 0 Å². The molecule has 7 nitrogen and oxygen atoms in total. The first-order valence-corrected chi connectivity index (χ1v) is 12.0. The maximum Gasteiger partial charge on any atom is 0.338 e. The zero-order valence-corrected chi connectivity index (χ0v) is 20.4. The molecule has 0 aromatic heterocycles. The first-order chi connectivity index (χ1) is 17.5. The lowest BCUT2D eigenvalue weighted by Gasteiger charge is -2.36. The predicted molar refractivity (Wildman–Crippen MR) is 139 cm³/mol. The molecule has 3 aromatic rings. The Morgan fingerprint density at radius 1 is 0.917 bits per heavy atom. The van der Waals surface area contributed by atoms with E-state index >= 15 is 0 Å². The molecule has 3 amide bonds. The number of nitrogens with zero attached hydrogens (tertiary/aromatic N) is 1. The molecule has 2 N–H and O–H groups in total. The van der Waals surface area contributed by atoms with Crippen molar-refractivity contribution in [2.45, 2.75) is 26.3 Å². The summed E-state index contributed by atoms with van der Waals surface area (Å²) in [5.74, 6) is -0.702. The van der Waals surface area contributed by atoms with Gasteiger partial charge in [-0.2, -0.15) is 0 Å². The average molecular weight is 484 g/mol. The Balaban J connectivity index is 1.73. The molecule has 0 saturated carbocycles. The zero-order valence-electron chi connectivity index (χ0n) is 20.4. The molecule has 0 radical (unpaired) electrons. The summed E-state index contributed by atoms with van der Waals surface area (Å²) in [5, 5.41) is 5.86. The van der Waals surface area contributed by atoms with Gasteiger partial charge in [0.05, 0.1) is 23.9 Å². The second-order valence-electron chi connectivity index (χ2n) is 8.33. The number of carbonyl (C=O) groups excluding carboxylic acids is 3. The minimum atomic E-state index is -0.710. The van der Waals surface area contributed by atoms with Crippen molar-refractivity contribution in [1.29, 1.82) is 0 Å². The van der Waals surface area contributed by atoms with E-state index in [9.17, 15) is 14.4 Å². The number of hydrogen-bond acceptors (Lipinski definition) is 4. The van der Waals surface area contributed by atoms with Gasteiger partial charge >= 0.3 is 12.0 Å². The first kappa shape index (κ1) is 24.7. The van der Waals surface area contributed by atoms with Crippen LogP contribution in [0, 0.1) is 0 Å². The van der Waals surface area contributed by atoms with Crippen LogP contribution in [0.2, 0.25) is 0 Å². The highest BCUT2D eigenvalue weighted by atomic mass is 16.5. The van der Waals surface area contributed by atoms with Gasteiger partial charge in [0, 0.05) is 17.8 Å². The summed E-state index contributed by atoms with van der Waals surface area (Å²) >= 11 is 0. The minimum absolute atomic E-state index is 0.212. The van der Waals surface area contributed by atoms with E-state index in [-0.39, 0.29) is 18.5 Å². The number of rotatable bonds is 8. The Hall–Kier alpha value is -4.39. The van der Waals surface area contributed by atoms with Gasteiger partial charge in [-0.3, -0.25) is 9.69 Å². The van der Waals surface area contributed by atoms with Crippen LogP contribution in [-0.2, 0) is 9.53 Å². The molecule has 0 aliphatic carbocycles. The molecule has 0 bridgehead atoms. The number of hydrogen-bond donors (Lipinski definition) is 2. The SMILES string of the molecule is CCCN1C(=O)NC(c2ccc(NC(=O)c3ccccc3)cc2)C(C(=O)OCC)=C1c1ccccc1. The maximum absolute atomic E-state index is 13.3. The fraction of sp³-hybridized carbons (Fsp3) is 0.207. The van der Waals surface area contributed by atoms with Crippen molar-refractivity contribution in [2.75, 3.05) is 18.5 Å². The van der Waals surface area contributed by atoms with Gasteiger partial charge in [0.25, 0.3) is 5.91 Å². The molecule has 0 spiro atoms. The molecule has 7 heteroatoms. The van der Waals surface area contributed by atoms with Crippen LogP contribution in [0.25, 0.3) is 5.70 Å². The van der Waals surface area contributed by atoms with Crippen LogP contribution in [0.5, 0.6) is 0 Å². The van der Waals surface area contributed by atoms with Crippen LogP contribution in [0.3, 0.4) is 0 Å². The van der Waals surface area contributed by atoms with Crippen molar-refractivity contribution >= 4 is 29.3 Å². The van der Waals surface area contributed by atoms with Crippen molar-refractivity contribution in [1.82, 2.24) is 10.2 Å². The normalized spacial score (nSPS) is 15.3. The van der Waals surface area contributed by atoms with Gasteiger partial charge in [0.2, 0.25) is 0 Å². The fourth-order valence-corrected chi connectivity index (χ4v) is 4.23. The Morgan fingerprint density at radius 3 is 2.17 bits per heavy atom. The number of ether oxygens (including phenoxy) is 1. The third-order valence-corrected chi connectivity index (χ3v) is 5.85. The third kappa shape index (κ3) is 5.30.